The largest absolute Gasteiger partial charge is 0.492 e. The fraction of sp³-hybridized carbons (Fsp3) is 0.636. The first kappa shape index (κ1) is 25.3. The minimum atomic E-state index is -0.859. The highest BCUT2D eigenvalue weighted by atomic mass is 32.2. The van der Waals surface area contributed by atoms with Crippen molar-refractivity contribution in [2.24, 2.45) is 0 Å². The van der Waals surface area contributed by atoms with Crippen molar-refractivity contribution >= 4 is 23.7 Å². The van der Waals surface area contributed by atoms with Crippen molar-refractivity contribution in [3.05, 3.63) is 24.3 Å². The number of rotatable bonds is 18. The first-order chi connectivity index (χ1) is 14.0. The Balaban J connectivity index is 2.17. The van der Waals surface area contributed by atoms with Gasteiger partial charge in [-0.3, -0.25) is 9.59 Å². The minimum absolute atomic E-state index is 0.00785. The predicted octanol–water partition coefficient (Wildman–Crippen LogP) is 5.24. The average Bonchev–Trinajstić information content (AvgIpc) is 2.69. The molecule has 1 aromatic carbocycles. The fourth-order valence-corrected chi connectivity index (χ4v) is 3.96. The Labute approximate surface area is 178 Å². The van der Waals surface area contributed by atoms with Gasteiger partial charge in [0.2, 0.25) is 0 Å². The zero-order valence-corrected chi connectivity index (χ0v) is 18.1. The molecule has 1 aromatic rings. The second kappa shape index (κ2) is 16.1. The Bertz CT molecular complexity index is 592. The molecule has 0 amide bonds. The number of hydrogen-bond donors (Lipinski definition) is 2. The van der Waals surface area contributed by atoms with Crippen molar-refractivity contribution in [1.29, 1.82) is 0 Å². The van der Waals surface area contributed by atoms with Gasteiger partial charge in [0.25, 0.3) is 0 Å². The second-order valence-electron chi connectivity index (χ2n) is 7.03. The number of methoxy groups -OCH3 is 1. The standard InChI is InChI=1S/C22H34O6S/c1-27-18(16-22(25)26)17-29-20-13-10-9-12-19(20)28-15-11-7-5-3-2-4-6-8-14-21(23)24/h9-10,12-13,18H,2-8,11,14-17H2,1H3,(H,23,24)(H,25,26). The van der Waals surface area contributed by atoms with Crippen molar-refractivity contribution in [2.75, 3.05) is 19.5 Å². The molecule has 1 atom stereocenters. The Morgan fingerprint density at radius 1 is 0.931 bits per heavy atom. The van der Waals surface area contributed by atoms with Gasteiger partial charge in [-0.2, -0.15) is 0 Å². The first-order valence-electron chi connectivity index (χ1n) is 10.3. The number of hydrogen-bond acceptors (Lipinski definition) is 5. The van der Waals surface area contributed by atoms with Crippen LogP contribution in [0.1, 0.15) is 64.2 Å². The molecule has 0 saturated carbocycles. The van der Waals surface area contributed by atoms with E-state index >= 15 is 0 Å². The van der Waals surface area contributed by atoms with E-state index in [1.165, 1.54) is 20.0 Å². The Morgan fingerprint density at radius 3 is 2.17 bits per heavy atom. The summed E-state index contributed by atoms with van der Waals surface area (Å²) in [7, 11) is 1.53. The number of carboxylic acids is 2. The third-order valence-corrected chi connectivity index (χ3v) is 5.74. The minimum Gasteiger partial charge on any atom is -0.492 e. The molecule has 0 aliphatic rings. The highest BCUT2D eigenvalue weighted by Gasteiger charge is 2.14. The number of benzene rings is 1. The summed E-state index contributed by atoms with van der Waals surface area (Å²) in [6.45, 7) is 0.666. The first-order valence-corrected chi connectivity index (χ1v) is 11.3. The topological polar surface area (TPSA) is 93.1 Å². The summed E-state index contributed by atoms with van der Waals surface area (Å²) in [5, 5.41) is 17.5. The van der Waals surface area contributed by atoms with E-state index in [0.29, 0.717) is 12.4 Å². The molecule has 0 aliphatic carbocycles. The normalized spacial score (nSPS) is 11.9. The van der Waals surface area contributed by atoms with E-state index in [1.54, 1.807) is 11.8 Å². The van der Waals surface area contributed by atoms with Crippen molar-refractivity contribution in [3.63, 3.8) is 0 Å². The molecular formula is C22H34O6S. The van der Waals surface area contributed by atoms with Crippen molar-refractivity contribution in [1.82, 2.24) is 0 Å². The van der Waals surface area contributed by atoms with Crippen LogP contribution >= 0.6 is 11.8 Å². The maximum atomic E-state index is 10.9. The van der Waals surface area contributed by atoms with Crippen LogP contribution in [0.4, 0.5) is 0 Å². The van der Waals surface area contributed by atoms with Gasteiger partial charge in [0.15, 0.2) is 0 Å². The second-order valence-corrected chi connectivity index (χ2v) is 8.10. The van der Waals surface area contributed by atoms with E-state index in [9.17, 15) is 9.59 Å². The van der Waals surface area contributed by atoms with Gasteiger partial charge in [0.1, 0.15) is 5.75 Å². The maximum absolute atomic E-state index is 10.9. The number of unbranched alkanes of at least 4 members (excludes halogenated alkanes) is 7. The molecule has 0 spiro atoms. The molecule has 0 bridgehead atoms. The van der Waals surface area contributed by atoms with Gasteiger partial charge in [-0.15, -0.1) is 11.8 Å². The zero-order chi connectivity index (χ0) is 21.3. The summed E-state index contributed by atoms with van der Waals surface area (Å²) < 4.78 is 11.2. The van der Waals surface area contributed by atoms with Crippen LogP contribution in [0.2, 0.25) is 0 Å². The fourth-order valence-electron chi connectivity index (χ4n) is 2.90. The van der Waals surface area contributed by atoms with Gasteiger partial charge in [-0.1, -0.05) is 50.7 Å². The molecule has 29 heavy (non-hydrogen) atoms. The van der Waals surface area contributed by atoms with Crippen molar-refractivity contribution < 1.29 is 29.3 Å². The molecule has 1 unspecified atom stereocenters. The molecule has 0 radical (unpaired) electrons. The quantitative estimate of drug-likeness (QED) is 0.245. The molecule has 1 rings (SSSR count). The molecule has 0 aromatic heterocycles. The number of carbonyl (C=O) groups is 2. The Kier molecular flexibility index (Phi) is 14.1. The van der Waals surface area contributed by atoms with E-state index in [2.05, 4.69) is 0 Å². The number of carboxylic acid groups (broad SMARTS) is 2. The van der Waals surface area contributed by atoms with Gasteiger partial charge >= 0.3 is 11.9 Å². The molecule has 0 fully saturated rings. The lowest BCUT2D eigenvalue weighted by molar-refractivity contribution is -0.139. The predicted molar refractivity (Wildman–Crippen MR) is 115 cm³/mol. The summed E-state index contributed by atoms with van der Waals surface area (Å²) in [4.78, 5) is 22.3. The monoisotopic (exact) mass is 426 g/mol. The number of thioether (sulfide) groups is 1. The lowest BCUT2D eigenvalue weighted by Gasteiger charge is -2.15. The maximum Gasteiger partial charge on any atom is 0.306 e. The lowest BCUT2D eigenvalue weighted by Crippen LogP contribution is -2.18. The molecule has 6 nitrogen and oxygen atoms in total. The van der Waals surface area contributed by atoms with E-state index < -0.39 is 11.9 Å². The van der Waals surface area contributed by atoms with E-state index in [0.717, 1.165) is 49.2 Å². The summed E-state index contributed by atoms with van der Waals surface area (Å²) >= 11 is 1.55. The molecule has 7 heteroatoms. The van der Waals surface area contributed by atoms with Crippen LogP contribution in [0.15, 0.2) is 29.2 Å². The zero-order valence-electron chi connectivity index (χ0n) is 17.3. The molecular weight excluding hydrogens is 392 g/mol. The number of ether oxygens (including phenoxy) is 2. The van der Waals surface area contributed by atoms with Crippen LogP contribution in [0.5, 0.6) is 5.75 Å². The molecule has 0 aliphatic heterocycles. The smallest absolute Gasteiger partial charge is 0.306 e. The summed E-state index contributed by atoms with van der Waals surface area (Å²) in [6, 6.07) is 7.82. The van der Waals surface area contributed by atoms with E-state index in [-0.39, 0.29) is 18.9 Å². The van der Waals surface area contributed by atoms with Gasteiger partial charge in [0, 0.05) is 24.2 Å². The Hall–Kier alpha value is -1.73. The molecule has 0 heterocycles. The van der Waals surface area contributed by atoms with Gasteiger partial charge in [-0.25, -0.2) is 0 Å². The Morgan fingerprint density at radius 2 is 1.55 bits per heavy atom. The van der Waals surface area contributed by atoms with Crippen LogP contribution in [-0.2, 0) is 14.3 Å². The summed E-state index contributed by atoms with van der Waals surface area (Å²) in [5.41, 5.74) is 0. The highest BCUT2D eigenvalue weighted by molar-refractivity contribution is 7.99. The molecule has 164 valence electrons. The third kappa shape index (κ3) is 13.2. The summed E-state index contributed by atoms with van der Waals surface area (Å²) in [5.74, 6) is -0.164. The molecule has 2 N–H and O–H groups in total. The van der Waals surface area contributed by atoms with Gasteiger partial charge in [0.05, 0.1) is 19.1 Å². The van der Waals surface area contributed by atoms with Gasteiger partial charge in [-0.05, 0) is 25.0 Å². The van der Waals surface area contributed by atoms with Crippen molar-refractivity contribution in [2.45, 2.75) is 75.2 Å². The van der Waals surface area contributed by atoms with Crippen LogP contribution in [-0.4, -0.2) is 47.7 Å². The number of aliphatic carboxylic acids is 2. The van der Waals surface area contributed by atoms with Crippen LogP contribution < -0.4 is 4.74 Å². The van der Waals surface area contributed by atoms with Crippen LogP contribution in [0, 0.1) is 0 Å². The number of para-hydroxylation sites is 1. The van der Waals surface area contributed by atoms with Crippen molar-refractivity contribution in [3.8, 4) is 5.75 Å². The lowest BCUT2D eigenvalue weighted by atomic mass is 10.1. The average molecular weight is 427 g/mol. The van der Waals surface area contributed by atoms with Crippen LogP contribution in [0.25, 0.3) is 0 Å². The van der Waals surface area contributed by atoms with Crippen LogP contribution in [0.3, 0.4) is 0 Å². The molecule has 0 saturated heterocycles. The SMILES string of the molecule is COC(CSc1ccccc1OCCCCCCCCCCC(=O)O)CC(=O)O. The highest BCUT2D eigenvalue weighted by Crippen LogP contribution is 2.30. The third-order valence-electron chi connectivity index (χ3n) is 4.55. The van der Waals surface area contributed by atoms with E-state index in [4.69, 9.17) is 19.7 Å². The summed E-state index contributed by atoms with van der Waals surface area (Å²) in [6.07, 6.45) is 8.47. The van der Waals surface area contributed by atoms with Gasteiger partial charge < -0.3 is 19.7 Å². The van der Waals surface area contributed by atoms with E-state index in [1.807, 2.05) is 24.3 Å².